The molecule has 1 heterocycles. The van der Waals surface area contributed by atoms with Gasteiger partial charge in [0.15, 0.2) is 0 Å². The van der Waals surface area contributed by atoms with E-state index in [0.29, 0.717) is 0 Å². The van der Waals surface area contributed by atoms with Crippen LogP contribution in [0.3, 0.4) is 0 Å². The minimum Gasteiger partial charge on any atom is -0.425 e. The molecule has 1 fully saturated rings. The molecule has 4 nitrogen and oxygen atoms in total. The summed E-state index contributed by atoms with van der Waals surface area (Å²) >= 11 is 0. The van der Waals surface area contributed by atoms with Crippen molar-refractivity contribution in [3.8, 4) is 0 Å². The Kier molecular flexibility index (Phi) is 4.90. The van der Waals surface area contributed by atoms with Crippen molar-refractivity contribution in [1.29, 1.82) is 0 Å². The second kappa shape index (κ2) is 5.72. The van der Waals surface area contributed by atoms with Crippen LogP contribution in [-0.4, -0.2) is 37.9 Å². The van der Waals surface area contributed by atoms with Crippen LogP contribution >= 0.6 is 0 Å². The SMILES string of the molecule is C=C[SiH]1O[SiH2]O[SiH2]O[Si](C=C)(C=C)O1. The summed E-state index contributed by atoms with van der Waals surface area (Å²) in [4.78, 5) is 0. The predicted octanol–water partition coefficient (Wildman–Crippen LogP) is -1.10. The van der Waals surface area contributed by atoms with Crippen LogP contribution in [0.25, 0.3) is 0 Å². The van der Waals surface area contributed by atoms with Crippen molar-refractivity contribution in [2.75, 3.05) is 0 Å². The number of hydrogen-bond donors (Lipinski definition) is 0. The largest absolute Gasteiger partial charge is 0.425 e. The molecule has 0 N–H and O–H groups in total. The standard InChI is InChI=1S/C6H14O4Si4/c1-4-13-8-11-7-12-9-14(5-2,6-3)10-13/h4-6,13H,1-3,11-12H2. The van der Waals surface area contributed by atoms with E-state index in [4.69, 9.17) is 16.5 Å². The molecule has 0 bridgehead atoms. The molecule has 0 amide bonds. The molecular formula is C6H14O4Si4. The zero-order valence-corrected chi connectivity index (χ0v) is 13.0. The van der Waals surface area contributed by atoms with Crippen molar-refractivity contribution in [2.24, 2.45) is 0 Å². The molecule has 0 aromatic rings. The zero-order valence-electron chi connectivity index (χ0n) is 7.98. The maximum atomic E-state index is 5.80. The molecule has 1 unspecified atom stereocenters. The van der Waals surface area contributed by atoms with E-state index in [9.17, 15) is 0 Å². The van der Waals surface area contributed by atoms with Gasteiger partial charge in [0.05, 0.1) is 0 Å². The van der Waals surface area contributed by atoms with Gasteiger partial charge in [0, 0.05) is 0 Å². The number of rotatable bonds is 3. The Labute approximate surface area is 91.4 Å². The first kappa shape index (κ1) is 12.0. The highest BCUT2D eigenvalue weighted by Crippen LogP contribution is 2.13. The summed E-state index contributed by atoms with van der Waals surface area (Å²) in [5, 5.41) is 0. The van der Waals surface area contributed by atoms with Gasteiger partial charge in [-0.05, 0) is 11.4 Å². The van der Waals surface area contributed by atoms with Crippen molar-refractivity contribution < 1.29 is 16.5 Å². The molecular weight excluding hydrogens is 248 g/mol. The van der Waals surface area contributed by atoms with Crippen molar-refractivity contribution in [1.82, 2.24) is 0 Å². The Morgan fingerprint density at radius 3 is 2.43 bits per heavy atom. The molecule has 0 radical (unpaired) electrons. The van der Waals surface area contributed by atoms with Gasteiger partial charge in [-0.3, -0.25) is 0 Å². The Morgan fingerprint density at radius 1 is 1.14 bits per heavy atom. The summed E-state index contributed by atoms with van der Waals surface area (Å²) in [6.45, 7) is 11.1. The van der Waals surface area contributed by atoms with Crippen LogP contribution in [0.1, 0.15) is 0 Å². The lowest BCUT2D eigenvalue weighted by Gasteiger charge is -2.30. The fraction of sp³-hybridized carbons (Fsp3) is 0. The van der Waals surface area contributed by atoms with Gasteiger partial charge in [-0.1, -0.05) is 5.70 Å². The van der Waals surface area contributed by atoms with Crippen LogP contribution in [0.15, 0.2) is 36.8 Å². The molecule has 1 atom stereocenters. The van der Waals surface area contributed by atoms with E-state index < -0.39 is 37.9 Å². The summed E-state index contributed by atoms with van der Waals surface area (Å²) in [6, 6.07) is 0. The summed E-state index contributed by atoms with van der Waals surface area (Å²) in [5.74, 6) is 0. The van der Waals surface area contributed by atoms with Crippen LogP contribution in [0.4, 0.5) is 0 Å². The average molecular weight is 263 g/mol. The van der Waals surface area contributed by atoms with Gasteiger partial charge in [-0.15, -0.1) is 19.7 Å². The molecule has 0 aromatic carbocycles. The Morgan fingerprint density at radius 2 is 1.86 bits per heavy atom. The minimum absolute atomic E-state index is 0.915. The van der Waals surface area contributed by atoms with E-state index in [1.807, 2.05) is 0 Å². The van der Waals surface area contributed by atoms with Gasteiger partial charge in [-0.2, -0.15) is 0 Å². The Hall–Kier alpha value is -0.0725. The second-order valence-corrected chi connectivity index (χ2v) is 11.6. The number of hydrogen-bond acceptors (Lipinski definition) is 4. The molecule has 1 rings (SSSR count). The molecule has 0 aliphatic carbocycles. The van der Waals surface area contributed by atoms with E-state index in [2.05, 4.69) is 19.7 Å². The molecule has 8 heteroatoms. The summed E-state index contributed by atoms with van der Waals surface area (Å²) in [7, 11) is -6.17. The molecule has 14 heavy (non-hydrogen) atoms. The molecule has 78 valence electrons. The van der Waals surface area contributed by atoms with Crippen molar-refractivity contribution >= 4 is 37.9 Å². The van der Waals surface area contributed by atoms with Crippen LogP contribution < -0.4 is 0 Å². The topological polar surface area (TPSA) is 36.9 Å². The van der Waals surface area contributed by atoms with Crippen molar-refractivity contribution in [3.05, 3.63) is 36.8 Å². The Balaban J connectivity index is 2.75. The molecule has 0 aromatic heterocycles. The average Bonchev–Trinajstić information content (AvgIpc) is 2.19. The molecule has 0 spiro atoms. The van der Waals surface area contributed by atoms with Gasteiger partial charge in [-0.25, -0.2) is 0 Å². The highest BCUT2D eigenvalue weighted by Gasteiger charge is 2.35. The van der Waals surface area contributed by atoms with E-state index in [0.717, 1.165) is 0 Å². The van der Waals surface area contributed by atoms with E-state index in [1.54, 1.807) is 17.1 Å². The predicted molar refractivity (Wildman–Crippen MR) is 64.9 cm³/mol. The smallest absolute Gasteiger partial charge is 0.373 e. The van der Waals surface area contributed by atoms with Crippen LogP contribution in [0, 0.1) is 0 Å². The first-order valence-corrected chi connectivity index (χ1v) is 10.1. The first-order valence-electron chi connectivity index (χ1n) is 4.17. The Bertz CT molecular complexity index is 226. The van der Waals surface area contributed by atoms with Crippen LogP contribution in [-0.2, 0) is 16.5 Å². The van der Waals surface area contributed by atoms with Gasteiger partial charge < -0.3 is 16.5 Å². The fourth-order valence-electron chi connectivity index (χ4n) is 0.946. The minimum atomic E-state index is -2.45. The summed E-state index contributed by atoms with van der Waals surface area (Å²) in [6.07, 6.45) is 0. The van der Waals surface area contributed by atoms with E-state index in [1.165, 1.54) is 0 Å². The van der Waals surface area contributed by atoms with Gasteiger partial charge >= 0.3 is 17.8 Å². The highest BCUT2D eigenvalue weighted by atomic mass is 28.5. The quantitative estimate of drug-likeness (QED) is 0.605. The molecule has 1 aliphatic heterocycles. The van der Waals surface area contributed by atoms with Gasteiger partial charge in [0.2, 0.25) is 0 Å². The van der Waals surface area contributed by atoms with Crippen LogP contribution in [0.5, 0.6) is 0 Å². The third kappa shape index (κ3) is 2.96. The maximum Gasteiger partial charge on any atom is 0.373 e. The maximum absolute atomic E-state index is 5.80. The third-order valence-corrected chi connectivity index (χ3v) is 11.1. The first-order chi connectivity index (χ1) is 6.76. The second-order valence-electron chi connectivity index (χ2n) is 2.60. The fourth-order valence-corrected chi connectivity index (χ4v) is 10.9. The highest BCUT2D eigenvalue weighted by molar-refractivity contribution is 6.86. The van der Waals surface area contributed by atoms with E-state index in [-0.39, 0.29) is 0 Å². The van der Waals surface area contributed by atoms with Gasteiger partial charge in [0.1, 0.15) is 0 Å². The molecule has 1 aliphatic rings. The summed E-state index contributed by atoms with van der Waals surface area (Å²) in [5.41, 5.74) is 5.13. The molecule has 0 saturated carbocycles. The van der Waals surface area contributed by atoms with Crippen molar-refractivity contribution in [3.63, 3.8) is 0 Å². The molecule has 1 saturated heterocycles. The van der Waals surface area contributed by atoms with Crippen LogP contribution in [0.2, 0.25) is 0 Å². The van der Waals surface area contributed by atoms with Gasteiger partial charge in [0.25, 0.3) is 20.0 Å². The van der Waals surface area contributed by atoms with E-state index >= 15 is 0 Å². The normalized spacial score (nSPS) is 30.4. The lowest BCUT2D eigenvalue weighted by atomic mass is 11.2. The summed E-state index contributed by atoms with van der Waals surface area (Å²) < 4.78 is 22.3. The zero-order chi connectivity index (χ0) is 10.4. The lowest BCUT2D eigenvalue weighted by molar-refractivity contribution is 0.313. The van der Waals surface area contributed by atoms with Crippen molar-refractivity contribution in [2.45, 2.75) is 0 Å². The lowest BCUT2D eigenvalue weighted by Crippen LogP contribution is -2.48. The monoisotopic (exact) mass is 262 g/mol. The third-order valence-electron chi connectivity index (χ3n) is 1.75.